The molecule has 4 unspecified atom stereocenters. The third-order valence-electron chi connectivity index (χ3n) is 3.26. The molecule has 2 saturated heterocycles. The Balaban J connectivity index is 2.06. The first-order valence-corrected chi connectivity index (χ1v) is 5.30. The molecule has 0 aliphatic carbocycles. The van der Waals surface area contributed by atoms with E-state index < -0.39 is 0 Å². The highest BCUT2D eigenvalue weighted by Crippen LogP contribution is 2.43. The summed E-state index contributed by atoms with van der Waals surface area (Å²) in [6.07, 6.45) is 2.28. The molecule has 0 aromatic heterocycles. The quantitative estimate of drug-likeness (QED) is 0.664. The van der Waals surface area contributed by atoms with Crippen LogP contribution in [0.5, 0.6) is 0 Å². The average molecular weight is 199 g/mol. The van der Waals surface area contributed by atoms with Crippen LogP contribution in [0.15, 0.2) is 0 Å². The smallest absolute Gasteiger partial charge is 0.312 e. The Morgan fingerprint density at radius 3 is 2.86 bits per heavy atom. The fourth-order valence-electron chi connectivity index (χ4n) is 2.64. The number of ether oxygens (including phenoxy) is 2. The third kappa shape index (κ3) is 1.42. The van der Waals surface area contributed by atoms with Crippen molar-refractivity contribution in [3.05, 3.63) is 0 Å². The second-order valence-corrected chi connectivity index (χ2v) is 3.97. The van der Waals surface area contributed by atoms with Crippen LogP contribution in [0.3, 0.4) is 0 Å². The Hall–Kier alpha value is -0.610. The fraction of sp³-hybridized carbons (Fsp3) is 0.900. The van der Waals surface area contributed by atoms with E-state index in [4.69, 9.17) is 15.2 Å². The van der Waals surface area contributed by atoms with Gasteiger partial charge in [-0.3, -0.25) is 4.79 Å². The molecular formula is C10H17NO3. The Morgan fingerprint density at radius 1 is 1.50 bits per heavy atom. The Kier molecular flexibility index (Phi) is 2.74. The Labute approximate surface area is 83.7 Å². The highest BCUT2D eigenvalue weighted by atomic mass is 16.5. The van der Waals surface area contributed by atoms with Crippen molar-refractivity contribution in [3.8, 4) is 0 Å². The number of rotatable bonds is 3. The lowest BCUT2D eigenvalue weighted by Crippen LogP contribution is -2.38. The van der Waals surface area contributed by atoms with Crippen molar-refractivity contribution in [2.75, 3.05) is 13.2 Å². The van der Waals surface area contributed by atoms with Gasteiger partial charge in [0.15, 0.2) is 0 Å². The molecule has 4 atom stereocenters. The Bertz CT molecular complexity index is 231. The van der Waals surface area contributed by atoms with Crippen molar-refractivity contribution in [2.24, 2.45) is 17.6 Å². The van der Waals surface area contributed by atoms with Crippen LogP contribution in [0.25, 0.3) is 0 Å². The van der Waals surface area contributed by atoms with E-state index in [-0.39, 0.29) is 30.0 Å². The molecule has 2 rings (SSSR count). The van der Waals surface area contributed by atoms with Gasteiger partial charge in [0.1, 0.15) is 0 Å². The van der Waals surface area contributed by atoms with E-state index in [0.717, 1.165) is 12.8 Å². The van der Waals surface area contributed by atoms with Crippen molar-refractivity contribution in [3.63, 3.8) is 0 Å². The maximum absolute atomic E-state index is 11.6. The molecule has 2 bridgehead atoms. The normalized spacial score (nSPS) is 40.1. The van der Waals surface area contributed by atoms with Gasteiger partial charge < -0.3 is 15.2 Å². The molecule has 2 fully saturated rings. The monoisotopic (exact) mass is 199 g/mol. The molecule has 0 radical (unpaired) electrons. The van der Waals surface area contributed by atoms with Gasteiger partial charge in [-0.1, -0.05) is 0 Å². The topological polar surface area (TPSA) is 61.5 Å². The molecular weight excluding hydrogens is 182 g/mol. The average Bonchev–Trinajstić information content (AvgIpc) is 2.76. The first-order chi connectivity index (χ1) is 6.77. The van der Waals surface area contributed by atoms with Gasteiger partial charge in [0.25, 0.3) is 0 Å². The molecule has 0 spiro atoms. The summed E-state index contributed by atoms with van der Waals surface area (Å²) >= 11 is 0. The zero-order chi connectivity index (χ0) is 10.1. The van der Waals surface area contributed by atoms with Gasteiger partial charge in [-0.05, 0) is 26.3 Å². The van der Waals surface area contributed by atoms with E-state index in [1.165, 1.54) is 0 Å². The maximum atomic E-state index is 11.6. The van der Waals surface area contributed by atoms with E-state index in [2.05, 4.69) is 0 Å². The van der Waals surface area contributed by atoms with E-state index in [1.807, 2.05) is 6.92 Å². The summed E-state index contributed by atoms with van der Waals surface area (Å²) in [5, 5.41) is 0. The zero-order valence-electron chi connectivity index (χ0n) is 8.44. The second-order valence-electron chi connectivity index (χ2n) is 3.97. The summed E-state index contributed by atoms with van der Waals surface area (Å²) in [6, 6.07) is 0. The van der Waals surface area contributed by atoms with Gasteiger partial charge in [-0.2, -0.15) is 0 Å². The molecule has 2 aliphatic rings. The predicted molar refractivity (Wildman–Crippen MR) is 50.6 cm³/mol. The van der Waals surface area contributed by atoms with E-state index in [9.17, 15) is 4.79 Å². The van der Waals surface area contributed by atoms with Crippen molar-refractivity contribution >= 4 is 5.97 Å². The molecule has 80 valence electrons. The fourth-order valence-corrected chi connectivity index (χ4v) is 2.64. The maximum Gasteiger partial charge on any atom is 0.312 e. The van der Waals surface area contributed by atoms with Crippen LogP contribution in [-0.2, 0) is 14.3 Å². The predicted octanol–water partition coefficient (Wildman–Crippen LogP) is 0.302. The van der Waals surface area contributed by atoms with E-state index >= 15 is 0 Å². The summed E-state index contributed by atoms with van der Waals surface area (Å²) in [4.78, 5) is 11.6. The van der Waals surface area contributed by atoms with Gasteiger partial charge in [-0.25, -0.2) is 0 Å². The molecule has 2 aliphatic heterocycles. The first kappa shape index (κ1) is 9.93. The number of hydrogen-bond donors (Lipinski definition) is 1. The van der Waals surface area contributed by atoms with Crippen LogP contribution in [-0.4, -0.2) is 31.3 Å². The van der Waals surface area contributed by atoms with Gasteiger partial charge in [-0.15, -0.1) is 0 Å². The van der Waals surface area contributed by atoms with Crippen LogP contribution in [0.4, 0.5) is 0 Å². The van der Waals surface area contributed by atoms with Gasteiger partial charge >= 0.3 is 5.97 Å². The van der Waals surface area contributed by atoms with Crippen molar-refractivity contribution in [1.29, 1.82) is 0 Å². The highest BCUT2D eigenvalue weighted by Gasteiger charge is 2.52. The molecule has 0 aromatic carbocycles. The summed E-state index contributed by atoms with van der Waals surface area (Å²) in [5.74, 6) is -0.0679. The van der Waals surface area contributed by atoms with Gasteiger partial charge in [0.2, 0.25) is 0 Å². The number of esters is 1. The summed E-state index contributed by atoms with van der Waals surface area (Å²) in [6.45, 7) is 2.78. The highest BCUT2D eigenvalue weighted by molar-refractivity contribution is 5.74. The minimum atomic E-state index is -0.129. The molecule has 14 heavy (non-hydrogen) atoms. The summed E-state index contributed by atoms with van der Waals surface area (Å²) in [7, 11) is 0. The molecule has 4 nitrogen and oxygen atoms in total. The molecule has 0 saturated carbocycles. The van der Waals surface area contributed by atoms with Crippen LogP contribution in [0.1, 0.15) is 19.8 Å². The minimum Gasteiger partial charge on any atom is -0.466 e. The lowest BCUT2D eigenvalue weighted by atomic mass is 9.79. The summed E-state index contributed by atoms with van der Waals surface area (Å²) < 4.78 is 10.7. The number of nitrogens with two attached hydrogens (primary N) is 1. The lowest BCUT2D eigenvalue weighted by molar-refractivity contribution is -0.151. The van der Waals surface area contributed by atoms with Crippen LogP contribution in [0.2, 0.25) is 0 Å². The number of carbonyl (C=O) groups excluding carboxylic acids is 1. The third-order valence-corrected chi connectivity index (χ3v) is 3.26. The molecule has 0 aromatic rings. The van der Waals surface area contributed by atoms with Gasteiger partial charge in [0, 0.05) is 5.92 Å². The largest absolute Gasteiger partial charge is 0.466 e. The van der Waals surface area contributed by atoms with E-state index in [0.29, 0.717) is 13.2 Å². The number of hydrogen-bond acceptors (Lipinski definition) is 4. The molecule has 4 heteroatoms. The minimum absolute atomic E-state index is 0.0626. The van der Waals surface area contributed by atoms with Crippen molar-refractivity contribution in [1.82, 2.24) is 0 Å². The van der Waals surface area contributed by atoms with E-state index in [1.54, 1.807) is 0 Å². The standard InChI is InChI=1S/C10H17NO3/c1-2-13-10(12)9-6(5-11)7-3-4-8(9)14-7/h6-9H,2-5,11H2,1H3. The lowest BCUT2D eigenvalue weighted by Gasteiger charge is -2.24. The SMILES string of the molecule is CCOC(=O)C1C2CCC(O2)C1CN. The van der Waals surface area contributed by atoms with Crippen LogP contribution >= 0.6 is 0 Å². The molecule has 2 heterocycles. The number of carbonyl (C=O) groups is 1. The van der Waals surface area contributed by atoms with Gasteiger partial charge in [0.05, 0.1) is 24.7 Å². The molecule has 0 amide bonds. The first-order valence-electron chi connectivity index (χ1n) is 5.30. The molecule has 2 N–H and O–H groups in total. The number of fused-ring (bicyclic) bond motifs is 2. The van der Waals surface area contributed by atoms with Crippen molar-refractivity contribution in [2.45, 2.75) is 32.0 Å². The summed E-state index contributed by atoms with van der Waals surface area (Å²) in [5.41, 5.74) is 5.66. The van der Waals surface area contributed by atoms with Crippen LogP contribution < -0.4 is 5.73 Å². The zero-order valence-corrected chi connectivity index (χ0v) is 8.44. The second kappa shape index (κ2) is 3.87. The van der Waals surface area contributed by atoms with Crippen molar-refractivity contribution < 1.29 is 14.3 Å². The Morgan fingerprint density at radius 2 is 2.21 bits per heavy atom. The van der Waals surface area contributed by atoms with Crippen LogP contribution in [0, 0.1) is 11.8 Å².